The van der Waals surface area contributed by atoms with Crippen molar-refractivity contribution in [2.75, 3.05) is 0 Å². The van der Waals surface area contributed by atoms with Crippen LogP contribution in [0.3, 0.4) is 0 Å². The van der Waals surface area contributed by atoms with Gasteiger partial charge in [-0.2, -0.15) is 0 Å². The van der Waals surface area contributed by atoms with Crippen molar-refractivity contribution in [1.29, 1.82) is 0 Å². The maximum absolute atomic E-state index is 2.18. The molecular formula is C12H24. The van der Waals surface area contributed by atoms with Crippen LogP contribution in [0.15, 0.2) is 22.3 Å². The zero-order valence-electron chi connectivity index (χ0n) is 10.0. The number of rotatable bonds is 1. The lowest BCUT2D eigenvalue weighted by molar-refractivity contribution is 1.17. The van der Waals surface area contributed by atoms with Crippen molar-refractivity contribution in [3.05, 3.63) is 22.3 Å². The van der Waals surface area contributed by atoms with Crippen molar-refractivity contribution < 1.29 is 0 Å². The van der Waals surface area contributed by atoms with Crippen LogP contribution >= 0.6 is 0 Å². The molecule has 72 valence electrons. The Bertz CT molecular complexity index is 150. The predicted molar refractivity (Wildman–Crippen MR) is 59.4 cm³/mol. The average molecular weight is 168 g/mol. The van der Waals surface area contributed by atoms with Gasteiger partial charge >= 0.3 is 0 Å². The smallest absolute Gasteiger partial charge is 0.0396 e. The van der Waals surface area contributed by atoms with Gasteiger partial charge in [-0.1, -0.05) is 25.0 Å². The van der Waals surface area contributed by atoms with E-state index in [4.69, 9.17) is 0 Å². The monoisotopic (exact) mass is 168 g/mol. The summed E-state index contributed by atoms with van der Waals surface area (Å²) in [6, 6.07) is 0. The van der Waals surface area contributed by atoms with Crippen molar-refractivity contribution >= 4 is 0 Å². The van der Waals surface area contributed by atoms with Crippen LogP contribution in [0.4, 0.5) is 0 Å². The average Bonchev–Trinajstić information content (AvgIpc) is 2.05. The lowest BCUT2D eigenvalue weighted by Crippen LogP contribution is -1.85. The summed E-state index contributed by atoms with van der Waals surface area (Å²) in [5.41, 5.74) is 5.69. The van der Waals surface area contributed by atoms with E-state index in [1.165, 1.54) is 22.3 Å². The molecule has 0 rings (SSSR count). The van der Waals surface area contributed by atoms with E-state index >= 15 is 0 Å². The first-order valence-electron chi connectivity index (χ1n) is 4.75. The topological polar surface area (TPSA) is 0 Å². The Hall–Kier alpha value is -0.520. The third-order valence-corrected chi connectivity index (χ3v) is 2.06. The molecule has 0 N–H and O–H groups in total. The zero-order valence-corrected chi connectivity index (χ0v) is 10.0. The Morgan fingerprint density at radius 1 is 0.500 bits per heavy atom. The summed E-state index contributed by atoms with van der Waals surface area (Å²) in [5.74, 6) is 0. The third-order valence-electron chi connectivity index (χ3n) is 2.06. The summed E-state index contributed by atoms with van der Waals surface area (Å²) >= 11 is 0. The number of hydrogen-bond donors (Lipinski definition) is 0. The highest BCUT2D eigenvalue weighted by molar-refractivity contribution is 5.33. The van der Waals surface area contributed by atoms with Crippen molar-refractivity contribution in [3.63, 3.8) is 0 Å². The number of hydrogen-bond acceptors (Lipinski definition) is 0. The zero-order chi connectivity index (χ0) is 10.3. The lowest BCUT2D eigenvalue weighted by atomic mass is 10.0. The highest BCUT2D eigenvalue weighted by atomic mass is 14.0. The second-order valence-electron chi connectivity index (χ2n) is 3.25. The van der Waals surface area contributed by atoms with E-state index in [1.807, 2.05) is 13.8 Å². The van der Waals surface area contributed by atoms with Gasteiger partial charge in [0.2, 0.25) is 0 Å². The molecule has 12 heavy (non-hydrogen) atoms. The van der Waals surface area contributed by atoms with Crippen LogP contribution in [0, 0.1) is 0 Å². The summed E-state index contributed by atoms with van der Waals surface area (Å²) in [6.07, 6.45) is 0. The maximum atomic E-state index is 2.18. The van der Waals surface area contributed by atoms with E-state index in [0.717, 1.165) is 0 Å². The SMILES string of the molecule is CC.CC(C)=C(C)C(C)=C(C)C. The fourth-order valence-corrected chi connectivity index (χ4v) is 0.750. The van der Waals surface area contributed by atoms with E-state index in [0.29, 0.717) is 0 Å². The Balaban J connectivity index is 0. The Labute approximate surface area is 78.4 Å². The largest absolute Gasteiger partial charge is 0.0732 e. The molecule has 0 aliphatic heterocycles. The van der Waals surface area contributed by atoms with Gasteiger partial charge in [0, 0.05) is 0 Å². The van der Waals surface area contributed by atoms with Crippen LogP contribution < -0.4 is 0 Å². The van der Waals surface area contributed by atoms with Crippen LogP contribution in [0.1, 0.15) is 55.4 Å². The van der Waals surface area contributed by atoms with Gasteiger partial charge in [0.1, 0.15) is 0 Å². The molecule has 0 amide bonds. The molecule has 0 radical (unpaired) electrons. The second-order valence-corrected chi connectivity index (χ2v) is 3.25. The van der Waals surface area contributed by atoms with E-state index in [9.17, 15) is 0 Å². The van der Waals surface area contributed by atoms with Crippen molar-refractivity contribution in [3.8, 4) is 0 Å². The molecule has 0 aromatic carbocycles. The molecule has 0 aliphatic rings. The summed E-state index contributed by atoms with van der Waals surface area (Å²) in [7, 11) is 0. The van der Waals surface area contributed by atoms with Crippen molar-refractivity contribution in [1.82, 2.24) is 0 Å². The molecule has 0 saturated heterocycles. The van der Waals surface area contributed by atoms with Crippen LogP contribution in [0.2, 0.25) is 0 Å². The van der Waals surface area contributed by atoms with Crippen molar-refractivity contribution in [2.45, 2.75) is 55.4 Å². The van der Waals surface area contributed by atoms with Crippen LogP contribution in [-0.2, 0) is 0 Å². The van der Waals surface area contributed by atoms with Gasteiger partial charge in [0.15, 0.2) is 0 Å². The normalized spacial score (nSPS) is 8.00. The standard InChI is InChI=1S/C10H18.C2H6/c1-7(2)9(5)10(6)8(3)4;1-2/h1-6H3;1-2H3. The van der Waals surface area contributed by atoms with Crippen molar-refractivity contribution in [2.24, 2.45) is 0 Å². The Kier molecular flexibility index (Phi) is 8.36. The van der Waals surface area contributed by atoms with E-state index in [2.05, 4.69) is 41.5 Å². The van der Waals surface area contributed by atoms with E-state index in [1.54, 1.807) is 0 Å². The van der Waals surface area contributed by atoms with Crippen LogP contribution in [0.5, 0.6) is 0 Å². The fourth-order valence-electron chi connectivity index (χ4n) is 0.750. The molecule has 0 unspecified atom stereocenters. The minimum atomic E-state index is 1.42. The summed E-state index contributed by atoms with van der Waals surface area (Å²) < 4.78 is 0. The highest BCUT2D eigenvalue weighted by Gasteiger charge is 1.95. The predicted octanol–water partition coefficient (Wildman–Crippen LogP) is 4.73. The molecule has 0 nitrogen and oxygen atoms in total. The molecule has 0 aromatic rings. The third kappa shape index (κ3) is 5.17. The number of allylic oxidation sites excluding steroid dienone is 4. The first kappa shape index (κ1) is 14.0. The molecule has 0 heteroatoms. The highest BCUT2D eigenvalue weighted by Crippen LogP contribution is 2.16. The second kappa shape index (κ2) is 7.15. The van der Waals surface area contributed by atoms with Crippen LogP contribution in [0.25, 0.3) is 0 Å². The molecule has 0 spiro atoms. The minimum Gasteiger partial charge on any atom is -0.0732 e. The molecule has 0 atom stereocenters. The van der Waals surface area contributed by atoms with Gasteiger partial charge in [-0.15, -0.1) is 0 Å². The molecule has 0 aromatic heterocycles. The van der Waals surface area contributed by atoms with Gasteiger partial charge in [0.05, 0.1) is 0 Å². The molecule has 0 bridgehead atoms. The first-order valence-corrected chi connectivity index (χ1v) is 4.75. The van der Waals surface area contributed by atoms with Gasteiger partial charge in [-0.05, 0) is 52.7 Å². The van der Waals surface area contributed by atoms with Gasteiger partial charge < -0.3 is 0 Å². The quantitative estimate of drug-likeness (QED) is 0.497. The minimum absolute atomic E-state index is 1.42. The first-order chi connectivity index (χ1) is 5.46. The van der Waals surface area contributed by atoms with Crippen LogP contribution in [-0.4, -0.2) is 0 Å². The van der Waals surface area contributed by atoms with Gasteiger partial charge in [-0.25, -0.2) is 0 Å². The molecule has 0 fully saturated rings. The van der Waals surface area contributed by atoms with Gasteiger partial charge in [0.25, 0.3) is 0 Å². The maximum Gasteiger partial charge on any atom is -0.0396 e. The lowest BCUT2D eigenvalue weighted by Gasteiger charge is -2.05. The summed E-state index contributed by atoms with van der Waals surface area (Å²) in [4.78, 5) is 0. The summed E-state index contributed by atoms with van der Waals surface area (Å²) in [5, 5.41) is 0. The molecule has 0 heterocycles. The fraction of sp³-hybridized carbons (Fsp3) is 0.667. The van der Waals surface area contributed by atoms with E-state index < -0.39 is 0 Å². The molecule has 0 aliphatic carbocycles. The molecular weight excluding hydrogens is 144 g/mol. The molecule has 0 saturated carbocycles. The van der Waals surface area contributed by atoms with Gasteiger partial charge in [-0.3, -0.25) is 0 Å². The van der Waals surface area contributed by atoms with E-state index in [-0.39, 0.29) is 0 Å². The summed E-state index contributed by atoms with van der Waals surface area (Å²) in [6.45, 7) is 17.0. The Morgan fingerprint density at radius 3 is 0.750 bits per heavy atom. The Morgan fingerprint density at radius 2 is 0.667 bits per heavy atom.